The third-order valence-corrected chi connectivity index (χ3v) is 7.92. The van der Waals surface area contributed by atoms with Crippen molar-refractivity contribution in [3.05, 3.63) is 128 Å². The molecule has 1 nitrogen and oxygen atoms in total. The summed E-state index contributed by atoms with van der Waals surface area (Å²) in [4.78, 5) is 7.56. The molecule has 0 aliphatic carbocycles. The lowest BCUT2D eigenvalue weighted by Gasteiger charge is -2.15. The van der Waals surface area contributed by atoms with Crippen molar-refractivity contribution >= 4 is 43.7 Å². The van der Waals surface area contributed by atoms with Gasteiger partial charge in [-0.3, -0.25) is 4.98 Å². The smallest absolute Gasteiger partial charge is 0.0799 e. The maximum Gasteiger partial charge on any atom is 0.0799 e. The zero-order valence-electron chi connectivity index (χ0n) is 19.0. The number of rotatable bonds is 3. The summed E-state index contributed by atoms with van der Waals surface area (Å²) < 4.78 is 0. The number of fused-ring (bicyclic) bond motifs is 4. The van der Waals surface area contributed by atoms with Gasteiger partial charge < -0.3 is 0 Å². The van der Waals surface area contributed by atoms with E-state index < -0.39 is 0 Å². The maximum absolute atomic E-state index is 5.03. The quantitative estimate of drug-likeness (QED) is 0.238. The average molecular weight is 464 g/mol. The molecule has 7 aromatic rings. The van der Waals surface area contributed by atoms with Crippen LogP contribution in [0.15, 0.2) is 128 Å². The van der Waals surface area contributed by atoms with E-state index in [0.29, 0.717) is 0 Å². The Labute approximate surface area is 208 Å². The second-order valence-electron chi connectivity index (χ2n) is 8.78. The summed E-state index contributed by atoms with van der Waals surface area (Å²) in [7, 11) is 0. The van der Waals surface area contributed by atoms with Crippen molar-refractivity contribution in [2.24, 2.45) is 0 Å². The molecule has 0 bridgehead atoms. The van der Waals surface area contributed by atoms with Gasteiger partial charge in [-0.25, -0.2) is 0 Å². The molecular weight excluding hydrogens is 442 g/mol. The molecule has 0 aliphatic heterocycles. The van der Waals surface area contributed by atoms with Crippen LogP contribution in [0.25, 0.3) is 64.5 Å². The fourth-order valence-electron chi connectivity index (χ4n) is 5.11. The first-order valence-electron chi connectivity index (χ1n) is 11.8. The lowest BCUT2D eigenvalue weighted by atomic mass is 9.91. The van der Waals surface area contributed by atoms with Crippen LogP contribution in [0.2, 0.25) is 0 Å². The van der Waals surface area contributed by atoms with Gasteiger partial charge in [-0.1, -0.05) is 103 Å². The summed E-state index contributed by atoms with van der Waals surface area (Å²) in [5.41, 5.74) is 4.72. The highest BCUT2D eigenvalue weighted by molar-refractivity contribution is 7.18. The molecule has 5 aromatic carbocycles. The van der Waals surface area contributed by atoms with E-state index in [-0.39, 0.29) is 0 Å². The molecule has 0 amide bonds. The van der Waals surface area contributed by atoms with Gasteiger partial charge in [0.05, 0.1) is 5.69 Å². The van der Waals surface area contributed by atoms with E-state index in [1.54, 1.807) is 0 Å². The Morgan fingerprint density at radius 1 is 0.486 bits per heavy atom. The molecule has 0 radical (unpaired) electrons. The van der Waals surface area contributed by atoms with E-state index >= 15 is 0 Å². The van der Waals surface area contributed by atoms with Gasteiger partial charge in [0.2, 0.25) is 0 Å². The van der Waals surface area contributed by atoms with Crippen LogP contribution >= 0.6 is 11.3 Å². The Morgan fingerprint density at radius 3 is 2.00 bits per heavy atom. The fourth-order valence-corrected chi connectivity index (χ4v) is 6.15. The number of nitrogens with zero attached hydrogens (tertiary/aromatic N) is 1. The molecule has 0 fully saturated rings. The highest BCUT2D eigenvalue weighted by Gasteiger charge is 2.18. The predicted molar refractivity (Wildman–Crippen MR) is 151 cm³/mol. The second kappa shape index (κ2) is 8.19. The molecule has 164 valence electrons. The molecule has 35 heavy (non-hydrogen) atoms. The first-order chi connectivity index (χ1) is 17.4. The number of benzene rings is 5. The minimum atomic E-state index is 1.04. The Bertz CT molecular complexity index is 1850. The molecule has 7 rings (SSSR count). The summed E-state index contributed by atoms with van der Waals surface area (Å²) in [5, 5.41) is 7.35. The van der Waals surface area contributed by atoms with Crippen molar-refractivity contribution in [1.82, 2.24) is 4.98 Å². The topological polar surface area (TPSA) is 12.9 Å². The van der Waals surface area contributed by atoms with Crippen molar-refractivity contribution in [2.75, 3.05) is 0 Å². The molecule has 2 heterocycles. The van der Waals surface area contributed by atoms with Crippen LogP contribution in [0, 0.1) is 0 Å². The molecular formula is C33H21NS. The third-order valence-electron chi connectivity index (χ3n) is 6.75. The number of hydrogen-bond donors (Lipinski definition) is 0. The average Bonchev–Trinajstić information content (AvgIpc) is 3.43. The van der Waals surface area contributed by atoms with Crippen molar-refractivity contribution in [2.45, 2.75) is 0 Å². The predicted octanol–water partition coefficient (Wildman–Crippen LogP) is 9.60. The molecule has 2 heteroatoms. The van der Waals surface area contributed by atoms with Crippen LogP contribution in [0.3, 0.4) is 0 Å². The molecule has 2 aromatic heterocycles. The summed E-state index contributed by atoms with van der Waals surface area (Å²) in [6, 6.07) is 43.4. The van der Waals surface area contributed by atoms with Gasteiger partial charge in [0.1, 0.15) is 0 Å². The summed E-state index contributed by atoms with van der Waals surface area (Å²) in [6.07, 6.45) is 1.95. The van der Waals surface area contributed by atoms with E-state index in [0.717, 1.165) is 5.69 Å². The monoisotopic (exact) mass is 463 g/mol. The van der Waals surface area contributed by atoms with Crippen LogP contribution in [0.4, 0.5) is 0 Å². The summed E-state index contributed by atoms with van der Waals surface area (Å²) in [5.74, 6) is 0. The lowest BCUT2D eigenvalue weighted by molar-refractivity contribution is 1.37. The van der Waals surface area contributed by atoms with Crippen molar-refractivity contribution in [3.8, 4) is 32.1 Å². The highest BCUT2D eigenvalue weighted by Crippen LogP contribution is 2.44. The minimum Gasteiger partial charge on any atom is -0.256 e. The van der Waals surface area contributed by atoms with E-state index in [2.05, 4.69) is 121 Å². The zero-order chi connectivity index (χ0) is 23.2. The fraction of sp³-hybridized carbons (Fsp3) is 0. The second-order valence-corrected chi connectivity index (χ2v) is 9.87. The molecule has 0 unspecified atom stereocenters. The molecule has 0 saturated heterocycles. The Balaban J connectivity index is 1.57. The SMILES string of the molecule is c1ccc(-c2ccc(-c3ccc4ccccc4c3-c3nccc4ccc5ccccc5c34)s2)cc1. The maximum atomic E-state index is 5.03. The van der Waals surface area contributed by atoms with Crippen LogP contribution in [0.1, 0.15) is 0 Å². The van der Waals surface area contributed by atoms with Gasteiger partial charge in [0.15, 0.2) is 0 Å². The van der Waals surface area contributed by atoms with E-state index in [4.69, 9.17) is 4.98 Å². The molecule has 0 N–H and O–H groups in total. The van der Waals surface area contributed by atoms with Gasteiger partial charge in [-0.05, 0) is 50.7 Å². The van der Waals surface area contributed by atoms with Crippen LogP contribution in [-0.2, 0) is 0 Å². The Hall–Kier alpha value is -4.27. The zero-order valence-corrected chi connectivity index (χ0v) is 19.8. The summed E-state index contributed by atoms with van der Waals surface area (Å²) >= 11 is 1.84. The Kier molecular flexibility index (Phi) is 4.71. The molecule has 0 spiro atoms. The number of thiophene rings is 1. The molecule has 0 atom stereocenters. The van der Waals surface area contributed by atoms with Crippen molar-refractivity contribution in [3.63, 3.8) is 0 Å². The number of aromatic nitrogens is 1. The van der Waals surface area contributed by atoms with E-state index in [1.165, 1.54) is 58.8 Å². The van der Waals surface area contributed by atoms with Gasteiger partial charge in [-0.15, -0.1) is 11.3 Å². The van der Waals surface area contributed by atoms with E-state index in [9.17, 15) is 0 Å². The van der Waals surface area contributed by atoms with E-state index in [1.807, 2.05) is 17.5 Å². The van der Waals surface area contributed by atoms with Crippen molar-refractivity contribution in [1.29, 1.82) is 0 Å². The number of pyridine rings is 1. The normalized spacial score (nSPS) is 11.4. The minimum absolute atomic E-state index is 1.04. The standard InChI is InChI=1S/C33H21NS/c1-2-10-24(11-3-1)29-18-19-30(35-29)28-17-16-23-9-5-7-13-27(23)32(28)33-31-25(20-21-34-33)15-14-22-8-4-6-12-26(22)31/h1-21H. The Morgan fingerprint density at radius 2 is 1.14 bits per heavy atom. The van der Waals surface area contributed by atoms with Crippen molar-refractivity contribution < 1.29 is 0 Å². The molecule has 0 saturated carbocycles. The van der Waals surface area contributed by atoms with Gasteiger partial charge in [0, 0.05) is 32.5 Å². The lowest BCUT2D eigenvalue weighted by Crippen LogP contribution is -1.92. The van der Waals surface area contributed by atoms with Gasteiger partial charge in [0.25, 0.3) is 0 Å². The van der Waals surface area contributed by atoms with Crippen LogP contribution < -0.4 is 0 Å². The highest BCUT2D eigenvalue weighted by atomic mass is 32.1. The molecule has 0 aliphatic rings. The third kappa shape index (κ3) is 3.34. The summed E-state index contributed by atoms with van der Waals surface area (Å²) in [6.45, 7) is 0. The first kappa shape index (κ1) is 20.1. The number of hydrogen-bond acceptors (Lipinski definition) is 2. The van der Waals surface area contributed by atoms with Crippen LogP contribution in [-0.4, -0.2) is 4.98 Å². The van der Waals surface area contributed by atoms with Gasteiger partial charge >= 0.3 is 0 Å². The van der Waals surface area contributed by atoms with Crippen LogP contribution in [0.5, 0.6) is 0 Å². The first-order valence-corrected chi connectivity index (χ1v) is 12.6. The largest absolute Gasteiger partial charge is 0.256 e. The van der Waals surface area contributed by atoms with Gasteiger partial charge in [-0.2, -0.15) is 0 Å².